The Morgan fingerprint density at radius 3 is 3.25 bits per heavy atom. The van der Waals surface area contributed by atoms with Gasteiger partial charge in [0.05, 0.1) is 0 Å². The maximum Gasteiger partial charge on any atom is 0.250 e. The molecule has 0 aliphatic rings. The summed E-state index contributed by atoms with van der Waals surface area (Å²) in [5.74, 6) is 0.537. The lowest BCUT2D eigenvalue weighted by atomic mass is 10.4. The van der Waals surface area contributed by atoms with Gasteiger partial charge in [-0.15, -0.1) is 0 Å². The predicted molar refractivity (Wildman–Crippen MR) is 42.6 cm³/mol. The fourth-order valence-electron chi connectivity index (χ4n) is 0.739. The molecule has 1 heterocycles. The molecule has 1 aromatic rings. The summed E-state index contributed by atoms with van der Waals surface area (Å²) in [5.41, 5.74) is 7.77. The average Bonchev–Trinajstić information content (AvgIpc) is 2.05. The van der Waals surface area contributed by atoms with Gasteiger partial charge < -0.3 is 4.98 Å². The molecule has 0 saturated carbocycles. The van der Waals surface area contributed by atoms with Crippen molar-refractivity contribution in [1.82, 2.24) is 9.97 Å². The molecular weight excluding hydrogens is 158 g/mol. The molecule has 0 aliphatic heterocycles. The number of nitrogens with one attached hydrogen (secondary N) is 1. The Morgan fingerprint density at radius 2 is 2.58 bits per heavy atom. The van der Waals surface area contributed by atoms with Crippen LogP contribution < -0.4 is 5.56 Å². The van der Waals surface area contributed by atoms with Crippen LogP contribution in [0.2, 0.25) is 0 Å². The zero-order valence-corrected chi connectivity index (χ0v) is 6.27. The summed E-state index contributed by atoms with van der Waals surface area (Å²) >= 11 is 0. The van der Waals surface area contributed by atoms with Gasteiger partial charge in [-0.2, -0.15) is 0 Å². The van der Waals surface area contributed by atoms with E-state index in [1.165, 1.54) is 12.3 Å². The molecule has 0 saturated heterocycles. The van der Waals surface area contributed by atoms with Crippen LogP contribution in [0.25, 0.3) is 10.4 Å². The minimum absolute atomic E-state index is 0.194. The van der Waals surface area contributed by atoms with E-state index in [1.54, 1.807) is 0 Å². The van der Waals surface area contributed by atoms with Crippen LogP contribution in [0, 0.1) is 0 Å². The van der Waals surface area contributed by atoms with Crippen molar-refractivity contribution in [3.63, 3.8) is 0 Å². The van der Waals surface area contributed by atoms with Gasteiger partial charge >= 0.3 is 0 Å². The van der Waals surface area contributed by atoms with Crippen molar-refractivity contribution in [2.24, 2.45) is 5.11 Å². The first-order chi connectivity index (χ1) is 5.83. The summed E-state index contributed by atoms with van der Waals surface area (Å²) in [7, 11) is 0. The molecule has 0 unspecified atom stereocenters. The molecule has 0 bridgehead atoms. The molecule has 0 fully saturated rings. The second kappa shape index (κ2) is 4.15. The lowest BCUT2D eigenvalue weighted by Gasteiger charge is -1.93. The molecular formula is C6H7N5O. The predicted octanol–water partition coefficient (Wildman–Crippen LogP) is 0.623. The van der Waals surface area contributed by atoms with E-state index in [-0.39, 0.29) is 5.56 Å². The van der Waals surface area contributed by atoms with E-state index >= 15 is 0 Å². The molecule has 1 rings (SSSR count). The maximum absolute atomic E-state index is 10.7. The molecule has 0 radical (unpaired) electrons. The number of hydrogen-bond donors (Lipinski definition) is 1. The van der Waals surface area contributed by atoms with Crippen molar-refractivity contribution in [1.29, 1.82) is 0 Å². The lowest BCUT2D eigenvalue weighted by molar-refractivity contribution is 0.851. The average molecular weight is 165 g/mol. The summed E-state index contributed by atoms with van der Waals surface area (Å²) in [6.07, 6.45) is 1.88. The van der Waals surface area contributed by atoms with Gasteiger partial charge in [0.25, 0.3) is 5.56 Å². The van der Waals surface area contributed by atoms with E-state index in [4.69, 9.17) is 5.53 Å². The van der Waals surface area contributed by atoms with Crippen LogP contribution in [0.15, 0.2) is 22.2 Å². The first kappa shape index (κ1) is 8.29. The Morgan fingerprint density at radius 1 is 1.75 bits per heavy atom. The van der Waals surface area contributed by atoms with Gasteiger partial charge in [0.15, 0.2) is 0 Å². The number of aromatic amines is 1. The summed E-state index contributed by atoms with van der Waals surface area (Å²) in [5, 5.41) is 3.32. The normalized spacial score (nSPS) is 9.00. The number of aromatic nitrogens is 2. The first-order valence-electron chi connectivity index (χ1n) is 3.38. The number of azide groups is 1. The van der Waals surface area contributed by atoms with Crippen molar-refractivity contribution in [2.45, 2.75) is 6.42 Å². The van der Waals surface area contributed by atoms with E-state index in [9.17, 15) is 4.79 Å². The van der Waals surface area contributed by atoms with Gasteiger partial charge in [-0.3, -0.25) is 4.79 Å². The van der Waals surface area contributed by atoms with Crippen molar-refractivity contribution in [3.8, 4) is 0 Å². The van der Waals surface area contributed by atoms with Crippen LogP contribution in [0.3, 0.4) is 0 Å². The second-order valence-corrected chi connectivity index (χ2v) is 2.09. The standard InChI is InChI=1S/C6H7N5O/c7-11-9-4-1-5-8-3-2-6(12)10-5/h2-3H,1,4H2,(H,8,10,12). The van der Waals surface area contributed by atoms with Gasteiger partial charge in [-0.25, -0.2) is 4.98 Å². The smallest absolute Gasteiger partial charge is 0.250 e. The van der Waals surface area contributed by atoms with Crippen molar-refractivity contribution < 1.29 is 0 Å². The minimum Gasteiger partial charge on any atom is -0.311 e. The molecule has 0 atom stereocenters. The third-order valence-corrected chi connectivity index (χ3v) is 1.24. The molecule has 0 amide bonds. The molecule has 6 nitrogen and oxygen atoms in total. The van der Waals surface area contributed by atoms with Crippen LogP contribution in [0.5, 0.6) is 0 Å². The van der Waals surface area contributed by atoms with Crippen molar-refractivity contribution in [2.75, 3.05) is 6.54 Å². The van der Waals surface area contributed by atoms with E-state index in [0.717, 1.165) is 0 Å². The van der Waals surface area contributed by atoms with Gasteiger partial charge in [-0.1, -0.05) is 5.11 Å². The van der Waals surface area contributed by atoms with Crippen molar-refractivity contribution in [3.05, 3.63) is 38.9 Å². The number of H-pyrrole nitrogens is 1. The van der Waals surface area contributed by atoms with Gasteiger partial charge in [0.2, 0.25) is 0 Å². The Labute approximate surface area is 67.9 Å². The maximum atomic E-state index is 10.7. The minimum atomic E-state index is -0.194. The zero-order valence-electron chi connectivity index (χ0n) is 6.27. The molecule has 0 aliphatic carbocycles. The van der Waals surface area contributed by atoms with E-state index in [2.05, 4.69) is 20.0 Å². The molecule has 1 aromatic heterocycles. The fraction of sp³-hybridized carbons (Fsp3) is 0.333. The number of nitrogens with zero attached hydrogens (tertiary/aromatic N) is 4. The third-order valence-electron chi connectivity index (χ3n) is 1.24. The van der Waals surface area contributed by atoms with Crippen LogP contribution in [-0.4, -0.2) is 16.5 Å². The number of rotatable bonds is 3. The van der Waals surface area contributed by atoms with Gasteiger partial charge in [-0.05, 0) is 5.53 Å². The highest BCUT2D eigenvalue weighted by Crippen LogP contribution is 1.86. The SMILES string of the molecule is [N-]=[N+]=NCCc1nccc(=O)[nH]1. The molecule has 62 valence electrons. The first-order valence-corrected chi connectivity index (χ1v) is 3.38. The number of hydrogen-bond acceptors (Lipinski definition) is 3. The Hall–Kier alpha value is -1.81. The topological polar surface area (TPSA) is 94.5 Å². The fourth-order valence-corrected chi connectivity index (χ4v) is 0.739. The summed E-state index contributed by atoms with van der Waals surface area (Å²) < 4.78 is 0. The highest BCUT2D eigenvalue weighted by Gasteiger charge is 1.92. The van der Waals surface area contributed by atoms with Gasteiger partial charge in [0, 0.05) is 30.1 Å². The zero-order chi connectivity index (χ0) is 8.81. The highest BCUT2D eigenvalue weighted by atomic mass is 16.1. The third kappa shape index (κ3) is 2.43. The molecule has 12 heavy (non-hydrogen) atoms. The Balaban J connectivity index is 2.63. The molecule has 1 N–H and O–H groups in total. The molecule has 6 heteroatoms. The molecule has 0 spiro atoms. The van der Waals surface area contributed by atoms with Crippen LogP contribution >= 0.6 is 0 Å². The van der Waals surface area contributed by atoms with E-state index < -0.39 is 0 Å². The lowest BCUT2D eigenvalue weighted by Crippen LogP contribution is -2.09. The summed E-state index contributed by atoms with van der Waals surface area (Å²) in [6, 6.07) is 1.33. The molecule has 0 aromatic carbocycles. The largest absolute Gasteiger partial charge is 0.311 e. The Bertz CT molecular complexity index is 351. The van der Waals surface area contributed by atoms with Crippen molar-refractivity contribution >= 4 is 0 Å². The van der Waals surface area contributed by atoms with E-state index in [1.807, 2.05) is 0 Å². The summed E-state index contributed by atoms with van der Waals surface area (Å²) in [6.45, 7) is 0.309. The quantitative estimate of drug-likeness (QED) is 0.403. The summed E-state index contributed by atoms with van der Waals surface area (Å²) in [4.78, 5) is 19.7. The highest BCUT2D eigenvalue weighted by molar-refractivity contribution is 4.89. The van der Waals surface area contributed by atoms with E-state index in [0.29, 0.717) is 18.8 Å². The van der Waals surface area contributed by atoms with Crippen LogP contribution in [0.4, 0.5) is 0 Å². The second-order valence-electron chi connectivity index (χ2n) is 2.09. The van der Waals surface area contributed by atoms with Crippen LogP contribution in [0.1, 0.15) is 5.82 Å². The van der Waals surface area contributed by atoms with Crippen LogP contribution in [-0.2, 0) is 6.42 Å². The monoisotopic (exact) mass is 165 g/mol. The van der Waals surface area contributed by atoms with Gasteiger partial charge in [0.1, 0.15) is 5.82 Å². The Kier molecular flexibility index (Phi) is 2.87.